The minimum absolute atomic E-state index is 0.223. The molecule has 292 valence electrons. The minimum Gasteiger partial charge on any atom is -0.310 e. The van der Waals surface area contributed by atoms with Gasteiger partial charge in [-0.15, -0.1) is 0 Å². The van der Waals surface area contributed by atoms with E-state index >= 15 is 8.42 Å². The largest absolute Gasteiger partial charge is 0.310 e. The number of hydrogen-bond donors (Lipinski definition) is 0. The Morgan fingerprint density at radius 2 is 0.783 bits per heavy atom. The van der Waals surface area contributed by atoms with Gasteiger partial charge in [-0.2, -0.15) is 0 Å². The monoisotopic (exact) mass is 797 g/mol. The fourth-order valence-corrected chi connectivity index (χ4v) is 11.3. The van der Waals surface area contributed by atoms with Gasteiger partial charge >= 0.3 is 0 Å². The van der Waals surface area contributed by atoms with Gasteiger partial charge in [0.05, 0.1) is 43.6 Å². The van der Waals surface area contributed by atoms with Crippen LogP contribution in [0.2, 0.25) is 0 Å². The van der Waals surface area contributed by atoms with Gasteiger partial charge < -0.3 is 14.4 Å². The molecule has 0 saturated carbocycles. The van der Waals surface area contributed by atoms with Crippen molar-refractivity contribution < 1.29 is 8.42 Å². The van der Waals surface area contributed by atoms with Crippen molar-refractivity contribution in [1.82, 2.24) is 4.57 Å². The van der Waals surface area contributed by atoms with Gasteiger partial charge in [-0.1, -0.05) is 137 Å². The molecule has 60 heavy (non-hydrogen) atoms. The average Bonchev–Trinajstić information content (AvgIpc) is 3.61. The second-order valence-corrected chi connectivity index (χ2v) is 19.0. The Morgan fingerprint density at radius 1 is 0.367 bits per heavy atom. The third-order valence-electron chi connectivity index (χ3n) is 12.9. The number of benzene rings is 8. The lowest BCUT2D eigenvalue weighted by atomic mass is 9.73. The molecule has 2 aliphatic rings. The first-order chi connectivity index (χ1) is 29.0. The first-order valence-corrected chi connectivity index (χ1v) is 22.0. The summed E-state index contributed by atoms with van der Waals surface area (Å²) in [4.78, 5) is 4.97. The number of fused-ring (bicyclic) bond motifs is 7. The van der Waals surface area contributed by atoms with Crippen molar-refractivity contribution in [3.8, 4) is 5.69 Å². The summed E-state index contributed by atoms with van der Waals surface area (Å²) in [5, 5.41) is 1.88. The van der Waals surface area contributed by atoms with Crippen LogP contribution in [0.5, 0.6) is 0 Å². The summed E-state index contributed by atoms with van der Waals surface area (Å²) in [6, 6.07) is 63.9. The molecule has 0 amide bonds. The van der Waals surface area contributed by atoms with E-state index in [2.05, 4.69) is 169 Å². The molecular formula is C54H43N3O2S. The topological polar surface area (TPSA) is 45.6 Å². The summed E-state index contributed by atoms with van der Waals surface area (Å²) < 4.78 is 33.2. The zero-order chi connectivity index (χ0) is 41.0. The van der Waals surface area contributed by atoms with Crippen molar-refractivity contribution in [2.45, 2.75) is 48.3 Å². The SMILES string of the molecule is CC1(C)c2ccccc2N(c2cc(N3c4ccccc4C(C)(C)c4ccccc43)cc(S(=O)(=O)c3ccc4c(c3)c3ccccc3n4-c3ccccc3)c2)c2ccccc21. The average molecular weight is 798 g/mol. The maximum Gasteiger partial charge on any atom is 0.206 e. The third-order valence-corrected chi connectivity index (χ3v) is 14.7. The van der Waals surface area contributed by atoms with E-state index in [0.29, 0.717) is 0 Å². The van der Waals surface area contributed by atoms with Crippen molar-refractivity contribution in [3.05, 3.63) is 210 Å². The van der Waals surface area contributed by atoms with Gasteiger partial charge in [0, 0.05) is 38.7 Å². The second-order valence-electron chi connectivity index (χ2n) is 17.0. The van der Waals surface area contributed by atoms with Crippen LogP contribution >= 0.6 is 0 Å². The summed E-state index contributed by atoms with van der Waals surface area (Å²) in [6.45, 7) is 9.07. The van der Waals surface area contributed by atoms with E-state index in [9.17, 15) is 0 Å². The third kappa shape index (κ3) is 5.20. The number of rotatable bonds is 5. The predicted octanol–water partition coefficient (Wildman–Crippen LogP) is 13.8. The van der Waals surface area contributed by atoms with Crippen LogP contribution in [-0.4, -0.2) is 13.0 Å². The number of anilines is 6. The van der Waals surface area contributed by atoms with Crippen LogP contribution < -0.4 is 9.80 Å². The molecule has 9 aromatic rings. The molecule has 0 atom stereocenters. The van der Waals surface area contributed by atoms with Crippen LogP contribution in [0.1, 0.15) is 49.9 Å². The van der Waals surface area contributed by atoms with Gasteiger partial charge in [0.1, 0.15) is 0 Å². The van der Waals surface area contributed by atoms with Crippen LogP contribution in [0.15, 0.2) is 198 Å². The normalized spacial score (nSPS) is 15.0. The van der Waals surface area contributed by atoms with E-state index in [4.69, 9.17) is 0 Å². The fourth-order valence-electron chi connectivity index (χ4n) is 9.99. The Bertz CT molecular complexity index is 3080. The Kier molecular flexibility index (Phi) is 7.88. The van der Waals surface area contributed by atoms with Gasteiger partial charge in [0.15, 0.2) is 0 Å². The lowest BCUT2D eigenvalue weighted by molar-refractivity contribution is 0.596. The van der Waals surface area contributed by atoms with Gasteiger partial charge in [-0.25, -0.2) is 8.42 Å². The van der Waals surface area contributed by atoms with E-state index in [1.165, 1.54) is 22.3 Å². The fraction of sp³-hybridized carbons (Fsp3) is 0.111. The molecule has 0 fully saturated rings. The molecule has 2 aliphatic heterocycles. The molecule has 0 saturated heterocycles. The molecule has 0 aliphatic carbocycles. The number of para-hydroxylation sites is 6. The van der Waals surface area contributed by atoms with Crippen molar-refractivity contribution >= 4 is 65.8 Å². The van der Waals surface area contributed by atoms with E-state index in [1.807, 2.05) is 54.6 Å². The number of hydrogen-bond acceptors (Lipinski definition) is 4. The lowest BCUT2D eigenvalue weighted by Crippen LogP contribution is -2.31. The zero-order valence-corrected chi connectivity index (χ0v) is 34.8. The first kappa shape index (κ1) is 36.2. The molecule has 8 aromatic carbocycles. The maximum absolute atomic E-state index is 15.5. The first-order valence-electron chi connectivity index (χ1n) is 20.5. The van der Waals surface area contributed by atoms with E-state index in [-0.39, 0.29) is 20.6 Å². The predicted molar refractivity (Wildman–Crippen MR) is 246 cm³/mol. The van der Waals surface area contributed by atoms with Crippen LogP contribution in [0.25, 0.3) is 27.5 Å². The molecular weight excluding hydrogens is 755 g/mol. The van der Waals surface area contributed by atoms with Crippen LogP contribution in [0.3, 0.4) is 0 Å². The van der Waals surface area contributed by atoms with Crippen molar-refractivity contribution in [2.75, 3.05) is 9.80 Å². The van der Waals surface area contributed by atoms with Crippen molar-refractivity contribution in [2.24, 2.45) is 0 Å². The summed E-state index contributed by atoms with van der Waals surface area (Å²) in [5.41, 5.74) is 12.8. The van der Waals surface area contributed by atoms with Crippen LogP contribution in [-0.2, 0) is 20.7 Å². The molecule has 0 unspecified atom stereocenters. The maximum atomic E-state index is 15.5. The molecule has 0 bridgehead atoms. The summed E-state index contributed by atoms with van der Waals surface area (Å²) in [5.74, 6) is 0. The lowest BCUT2D eigenvalue weighted by Gasteiger charge is -2.43. The molecule has 6 heteroatoms. The number of sulfone groups is 1. The summed E-state index contributed by atoms with van der Waals surface area (Å²) in [7, 11) is -4.09. The van der Waals surface area contributed by atoms with Gasteiger partial charge in [0.2, 0.25) is 9.84 Å². The highest BCUT2D eigenvalue weighted by Gasteiger charge is 2.39. The Hall–Kier alpha value is -6.89. The highest BCUT2D eigenvalue weighted by Crippen LogP contribution is 2.55. The molecule has 0 radical (unpaired) electrons. The zero-order valence-electron chi connectivity index (χ0n) is 34.0. The highest BCUT2D eigenvalue weighted by molar-refractivity contribution is 7.91. The molecule has 1 aromatic heterocycles. The van der Waals surface area contributed by atoms with Gasteiger partial charge in [0.25, 0.3) is 0 Å². The number of nitrogens with zero attached hydrogens (tertiary/aromatic N) is 3. The Labute approximate surface area is 351 Å². The molecule has 0 N–H and O–H groups in total. The Balaban J connectivity index is 1.18. The quantitative estimate of drug-likeness (QED) is 0.174. The molecule has 5 nitrogen and oxygen atoms in total. The van der Waals surface area contributed by atoms with Gasteiger partial charge in [-0.3, -0.25) is 0 Å². The molecule has 3 heterocycles. The van der Waals surface area contributed by atoms with Crippen LogP contribution in [0, 0.1) is 0 Å². The minimum atomic E-state index is -4.09. The summed E-state index contributed by atoms with van der Waals surface area (Å²) >= 11 is 0. The number of aromatic nitrogens is 1. The van der Waals surface area contributed by atoms with E-state index < -0.39 is 9.84 Å². The molecule has 0 spiro atoms. The van der Waals surface area contributed by atoms with Crippen molar-refractivity contribution in [1.29, 1.82) is 0 Å². The Morgan fingerprint density at radius 3 is 1.28 bits per heavy atom. The second kappa shape index (κ2) is 13.1. The van der Waals surface area contributed by atoms with Crippen LogP contribution in [0.4, 0.5) is 34.1 Å². The van der Waals surface area contributed by atoms with Gasteiger partial charge in [-0.05, 0) is 101 Å². The standard InChI is InChI=1S/C54H43N3O2S/c1-53(2)43-21-9-14-26-49(43)56(50-27-15-10-22-44(50)53)37-32-38(57-51-28-16-11-23-45(51)54(3,4)46-24-12-17-29-52(46)57)34-40(33-37)60(58,59)39-30-31-48-42(35-39)41-20-8-13-25-47(41)55(48)36-18-6-5-7-19-36/h5-35H,1-4H3. The molecule has 11 rings (SSSR count). The smallest absolute Gasteiger partial charge is 0.206 e. The summed E-state index contributed by atoms with van der Waals surface area (Å²) in [6.07, 6.45) is 0. The van der Waals surface area contributed by atoms with Crippen molar-refractivity contribution in [3.63, 3.8) is 0 Å². The van der Waals surface area contributed by atoms with E-state index in [1.54, 1.807) is 6.07 Å². The highest BCUT2D eigenvalue weighted by atomic mass is 32.2. The van der Waals surface area contributed by atoms with E-state index in [0.717, 1.165) is 61.6 Å².